The molecule has 116 valence electrons. The lowest BCUT2D eigenvalue weighted by Gasteiger charge is -2.21. The molecule has 0 radical (unpaired) electrons. The molecule has 2 aliphatic rings. The Hall–Kier alpha value is -0.420. The van der Waals surface area contributed by atoms with E-state index in [0.29, 0.717) is 12.0 Å². The van der Waals surface area contributed by atoms with Crippen molar-refractivity contribution in [3.8, 4) is 0 Å². The number of hydrogen-bond donors (Lipinski definition) is 1. The second kappa shape index (κ2) is 7.55. The normalized spacial score (nSPS) is 30.2. The summed E-state index contributed by atoms with van der Waals surface area (Å²) in [6, 6.07) is 0.475. The van der Waals surface area contributed by atoms with Gasteiger partial charge in [-0.15, -0.1) is 0 Å². The predicted octanol–water partition coefficient (Wildman–Crippen LogP) is 2.73. The van der Waals surface area contributed by atoms with Crippen LogP contribution in [0.25, 0.3) is 0 Å². The minimum atomic E-state index is 0.104. The van der Waals surface area contributed by atoms with E-state index in [4.69, 9.17) is 4.74 Å². The Labute approximate surface area is 127 Å². The Kier molecular flexibility index (Phi) is 6.02. The van der Waals surface area contributed by atoms with Gasteiger partial charge in [0.1, 0.15) is 0 Å². The fourth-order valence-electron chi connectivity index (χ4n) is 2.93. The van der Waals surface area contributed by atoms with E-state index in [-0.39, 0.29) is 12.1 Å². The zero-order valence-electron chi connectivity index (χ0n) is 12.9. The van der Waals surface area contributed by atoms with Crippen molar-refractivity contribution in [3.63, 3.8) is 0 Å². The van der Waals surface area contributed by atoms with E-state index in [2.05, 4.69) is 25.4 Å². The molecule has 2 rings (SSSR count). The first-order chi connectivity index (χ1) is 9.58. The van der Waals surface area contributed by atoms with Crippen LogP contribution in [0.4, 0.5) is 4.79 Å². The molecule has 2 amide bonds. The van der Waals surface area contributed by atoms with Crippen LogP contribution in [0.15, 0.2) is 0 Å². The van der Waals surface area contributed by atoms with Crippen molar-refractivity contribution < 1.29 is 9.53 Å². The first-order valence-electron chi connectivity index (χ1n) is 7.78. The van der Waals surface area contributed by atoms with E-state index in [1.165, 1.54) is 6.42 Å². The maximum Gasteiger partial charge on any atom is 0.317 e. The number of likely N-dealkylation sites (tertiary alicyclic amines) is 1. The highest BCUT2D eigenvalue weighted by Crippen LogP contribution is 2.28. The lowest BCUT2D eigenvalue weighted by molar-refractivity contribution is 0.0435. The number of rotatable bonds is 5. The van der Waals surface area contributed by atoms with Crippen LogP contribution < -0.4 is 5.32 Å². The van der Waals surface area contributed by atoms with Crippen molar-refractivity contribution in [2.75, 3.05) is 26.0 Å². The van der Waals surface area contributed by atoms with Gasteiger partial charge in [0.05, 0.1) is 6.10 Å². The first kappa shape index (κ1) is 16.0. The van der Waals surface area contributed by atoms with Crippen LogP contribution in [-0.2, 0) is 4.74 Å². The first-order valence-corrected chi connectivity index (χ1v) is 9.07. The highest BCUT2D eigenvalue weighted by molar-refractivity contribution is 7.99. The molecular weight excluding hydrogens is 272 g/mol. The van der Waals surface area contributed by atoms with Gasteiger partial charge in [-0.05, 0) is 37.9 Å². The summed E-state index contributed by atoms with van der Waals surface area (Å²) >= 11 is 1.92. The van der Waals surface area contributed by atoms with Crippen molar-refractivity contribution in [2.24, 2.45) is 5.92 Å². The van der Waals surface area contributed by atoms with Crippen LogP contribution in [0.3, 0.4) is 0 Å². The second-order valence-corrected chi connectivity index (χ2v) is 7.54. The average molecular weight is 300 g/mol. The van der Waals surface area contributed by atoms with Crippen molar-refractivity contribution in [1.82, 2.24) is 10.2 Å². The SMILES string of the molecule is CS[C@@H]1CC[C@H](NC(=O)N2CC[C@H](OCC(C)C)C2)C1. The number of amides is 2. The molecule has 0 bridgehead atoms. The summed E-state index contributed by atoms with van der Waals surface area (Å²) in [4.78, 5) is 14.1. The van der Waals surface area contributed by atoms with Crippen LogP contribution in [-0.4, -0.2) is 54.3 Å². The van der Waals surface area contributed by atoms with E-state index in [1.54, 1.807) is 0 Å². The third-order valence-corrected chi connectivity index (χ3v) is 5.24. The van der Waals surface area contributed by atoms with Gasteiger partial charge in [0, 0.05) is 31.0 Å². The summed E-state index contributed by atoms with van der Waals surface area (Å²) in [5.41, 5.74) is 0. The molecular formula is C15H28N2O2S. The minimum Gasteiger partial charge on any atom is -0.376 e. The number of urea groups is 1. The Morgan fingerprint density at radius 3 is 2.85 bits per heavy atom. The molecule has 0 unspecified atom stereocenters. The molecule has 1 aliphatic carbocycles. The molecule has 1 heterocycles. The number of carbonyl (C=O) groups is 1. The fourth-order valence-corrected chi connectivity index (χ4v) is 3.72. The van der Waals surface area contributed by atoms with Crippen molar-refractivity contribution >= 4 is 17.8 Å². The molecule has 20 heavy (non-hydrogen) atoms. The lowest BCUT2D eigenvalue weighted by Crippen LogP contribution is -2.43. The smallest absolute Gasteiger partial charge is 0.317 e. The highest BCUT2D eigenvalue weighted by Gasteiger charge is 2.30. The maximum atomic E-state index is 12.2. The molecule has 4 nitrogen and oxygen atoms in total. The van der Waals surface area contributed by atoms with Crippen LogP contribution in [0.5, 0.6) is 0 Å². The molecule has 1 saturated heterocycles. The van der Waals surface area contributed by atoms with E-state index in [9.17, 15) is 4.79 Å². The second-order valence-electron chi connectivity index (χ2n) is 6.40. The quantitative estimate of drug-likeness (QED) is 0.849. The summed E-state index contributed by atoms with van der Waals surface area (Å²) < 4.78 is 5.82. The largest absolute Gasteiger partial charge is 0.376 e. The van der Waals surface area contributed by atoms with Crippen molar-refractivity contribution in [2.45, 2.75) is 56.9 Å². The Morgan fingerprint density at radius 2 is 2.20 bits per heavy atom. The number of thioether (sulfide) groups is 1. The molecule has 0 aromatic heterocycles. The van der Waals surface area contributed by atoms with E-state index in [1.807, 2.05) is 16.7 Å². The standard InChI is InChI=1S/C15H28N2O2S/c1-11(2)10-19-13-6-7-17(9-13)15(18)16-12-4-5-14(8-12)20-3/h11-14H,4-10H2,1-3H3,(H,16,18)/t12-,13-,14+/m0/s1. The van der Waals surface area contributed by atoms with Crippen LogP contribution in [0.2, 0.25) is 0 Å². The van der Waals surface area contributed by atoms with Gasteiger partial charge in [-0.2, -0.15) is 11.8 Å². The third-order valence-electron chi connectivity index (χ3n) is 4.14. The zero-order chi connectivity index (χ0) is 14.5. The molecule has 1 N–H and O–H groups in total. The molecule has 0 aromatic rings. The van der Waals surface area contributed by atoms with Crippen LogP contribution >= 0.6 is 11.8 Å². The number of hydrogen-bond acceptors (Lipinski definition) is 3. The van der Waals surface area contributed by atoms with Gasteiger partial charge in [0.2, 0.25) is 0 Å². The summed E-state index contributed by atoms with van der Waals surface area (Å²) in [5.74, 6) is 0.555. The van der Waals surface area contributed by atoms with Gasteiger partial charge in [-0.1, -0.05) is 13.8 Å². The molecule has 1 saturated carbocycles. The Morgan fingerprint density at radius 1 is 1.40 bits per heavy atom. The zero-order valence-corrected chi connectivity index (χ0v) is 13.7. The lowest BCUT2D eigenvalue weighted by atomic mass is 10.2. The van der Waals surface area contributed by atoms with E-state index in [0.717, 1.165) is 44.2 Å². The average Bonchev–Trinajstić information content (AvgIpc) is 3.04. The number of ether oxygens (including phenoxy) is 1. The number of nitrogens with zero attached hydrogens (tertiary/aromatic N) is 1. The summed E-state index contributed by atoms with van der Waals surface area (Å²) in [6.45, 7) is 6.67. The summed E-state index contributed by atoms with van der Waals surface area (Å²) in [7, 11) is 0. The van der Waals surface area contributed by atoms with Crippen LogP contribution in [0, 0.1) is 5.92 Å². The van der Waals surface area contributed by atoms with E-state index >= 15 is 0 Å². The fraction of sp³-hybridized carbons (Fsp3) is 0.933. The predicted molar refractivity (Wildman–Crippen MR) is 84.2 cm³/mol. The molecule has 1 aliphatic heterocycles. The van der Waals surface area contributed by atoms with E-state index < -0.39 is 0 Å². The monoisotopic (exact) mass is 300 g/mol. The number of nitrogens with one attached hydrogen (secondary N) is 1. The summed E-state index contributed by atoms with van der Waals surface area (Å²) in [6.07, 6.45) is 6.83. The molecule has 2 fully saturated rings. The van der Waals surface area contributed by atoms with Crippen molar-refractivity contribution in [1.29, 1.82) is 0 Å². The van der Waals surface area contributed by atoms with Gasteiger partial charge in [0.15, 0.2) is 0 Å². The number of carbonyl (C=O) groups excluding carboxylic acids is 1. The van der Waals surface area contributed by atoms with Crippen LogP contribution in [0.1, 0.15) is 39.5 Å². The highest BCUT2D eigenvalue weighted by atomic mass is 32.2. The Balaban J connectivity index is 1.69. The third kappa shape index (κ3) is 4.55. The van der Waals surface area contributed by atoms with Gasteiger partial charge in [-0.25, -0.2) is 4.79 Å². The molecule has 3 atom stereocenters. The van der Waals surface area contributed by atoms with Gasteiger partial charge in [-0.3, -0.25) is 0 Å². The Bertz CT molecular complexity index is 325. The molecule has 5 heteroatoms. The topological polar surface area (TPSA) is 41.6 Å². The maximum absolute atomic E-state index is 12.2. The van der Waals surface area contributed by atoms with Crippen molar-refractivity contribution in [3.05, 3.63) is 0 Å². The van der Waals surface area contributed by atoms with Gasteiger partial charge in [0.25, 0.3) is 0 Å². The molecule has 0 spiro atoms. The van der Waals surface area contributed by atoms with Gasteiger partial charge >= 0.3 is 6.03 Å². The molecule has 0 aromatic carbocycles. The summed E-state index contributed by atoms with van der Waals surface area (Å²) in [5, 5.41) is 3.91. The minimum absolute atomic E-state index is 0.104. The van der Waals surface area contributed by atoms with Gasteiger partial charge < -0.3 is 15.0 Å².